The van der Waals surface area contributed by atoms with E-state index < -0.39 is 11.3 Å². The summed E-state index contributed by atoms with van der Waals surface area (Å²) in [6, 6.07) is -0.201. The van der Waals surface area contributed by atoms with Crippen molar-refractivity contribution in [3.8, 4) is 0 Å². The molecule has 0 aromatic carbocycles. The highest BCUT2D eigenvalue weighted by Gasteiger charge is 2.25. The van der Waals surface area contributed by atoms with E-state index in [1.807, 2.05) is 13.8 Å². The van der Waals surface area contributed by atoms with Crippen molar-refractivity contribution in [2.45, 2.75) is 50.1 Å². The minimum atomic E-state index is -0.442. The number of rotatable bonds is 4. The normalized spacial score (nSPS) is 15.9. The van der Waals surface area contributed by atoms with Crippen molar-refractivity contribution < 1.29 is 14.0 Å². The number of carbonyl (C=O) groups is 2. The van der Waals surface area contributed by atoms with Gasteiger partial charge in [-0.2, -0.15) is 0 Å². The van der Waals surface area contributed by atoms with E-state index in [2.05, 4.69) is 15.6 Å². The monoisotopic (exact) mass is 283 g/mol. The van der Waals surface area contributed by atoms with Gasteiger partial charge >= 0.3 is 6.03 Å². The van der Waals surface area contributed by atoms with Crippen LogP contribution in [-0.2, 0) is 4.79 Å². The third-order valence-electron chi connectivity index (χ3n) is 2.81. The molecule has 0 unspecified atom stereocenters. The van der Waals surface area contributed by atoms with Crippen molar-refractivity contribution in [3.05, 3.63) is 11.5 Å². The van der Waals surface area contributed by atoms with Gasteiger partial charge in [0.25, 0.3) is 5.22 Å². The van der Waals surface area contributed by atoms with Gasteiger partial charge in [0.2, 0.25) is 5.91 Å². The third-order valence-corrected chi connectivity index (χ3v) is 3.75. The van der Waals surface area contributed by atoms with Gasteiger partial charge in [-0.25, -0.2) is 9.78 Å². The standard InChI is InChI=1S/C12H17N3O3S/c1-6-7(2)18-12(13-6)19-8(3)10(16)15-11(17)14-9-4-5-9/h8-9H,4-5H2,1-3H3,(H2,14,15,16,17)/t8-/m1/s1. The Kier molecular flexibility index (Phi) is 4.14. The molecule has 0 saturated heterocycles. The summed E-state index contributed by atoms with van der Waals surface area (Å²) in [5.41, 5.74) is 0.807. The molecule has 7 heteroatoms. The molecule has 3 amide bonds. The largest absolute Gasteiger partial charge is 0.437 e. The van der Waals surface area contributed by atoms with E-state index in [0.717, 1.165) is 24.3 Å². The average Bonchev–Trinajstić information content (AvgIpc) is 3.06. The van der Waals surface area contributed by atoms with Crippen molar-refractivity contribution in [3.63, 3.8) is 0 Å². The van der Waals surface area contributed by atoms with Crippen LogP contribution in [0.1, 0.15) is 31.2 Å². The lowest BCUT2D eigenvalue weighted by molar-refractivity contribution is -0.119. The Morgan fingerprint density at radius 1 is 1.42 bits per heavy atom. The fourth-order valence-electron chi connectivity index (χ4n) is 1.36. The van der Waals surface area contributed by atoms with Crippen molar-refractivity contribution in [1.82, 2.24) is 15.6 Å². The van der Waals surface area contributed by atoms with Crippen LogP contribution in [0.5, 0.6) is 0 Å². The van der Waals surface area contributed by atoms with Crippen molar-refractivity contribution in [2.75, 3.05) is 0 Å². The lowest BCUT2D eigenvalue weighted by atomic mass is 10.4. The molecule has 1 aromatic heterocycles. The summed E-state index contributed by atoms with van der Waals surface area (Å²) in [5, 5.41) is 5.01. The van der Waals surface area contributed by atoms with E-state index in [1.54, 1.807) is 6.92 Å². The quantitative estimate of drug-likeness (QED) is 0.823. The Morgan fingerprint density at radius 3 is 2.63 bits per heavy atom. The number of carbonyl (C=O) groups excluding carboxylic acids is 2. The second kappa shape index (κ2) is 5.64. The highest BCUT2D eigenvalue weighted by atomic mass is 32.2. The fourth-order valence-corrected chi connectivity index (χ4v) is 2.19. The van der Waals surface area contributed by atoms with Gasteiger partial charge in [0.05, 0.1) is 10.9 Å². The van der Waals surface area contributed by atoms with E-state index in [-0.39, 0.29) is 11.9 Å². The van der Waals surface area contributed by atoms with Crippen LogP contribution in [0.15, 0.2) is 9.64 Å². The highest BCUT2D eigenvalue weighted by Crippen LogP contribution is 2.24. The number of nitrogens with one attached hydrogen (secondary N) is 2. The van der Waals surface area contributed by atoms with Gasteiger partial charge < -0.3 is 9.73 Å². The molecule has 6 nitrogen and oxygen atoms in total. The summed E-state index contributed by atoms with van der Waals surface area (Å²) in [6.07, 6.45) is 1.97. The Labute approximate surface area is 115 Å². The van der Waals surface area contributed by atoms with E-state index in [1.165, 1.54) is 11.8 Å². The minimum Gasteiger partial charge on any atom is -0.437 e. The first-order valence-corrected chi connectivity index (χ1v) is 7.05. The highest BCUT2D eigenvalue weighted by molar-refractivity contribution is 8.00. The zero-order chi connectivity index (χ0) is 14.0. The molecule has 104 valence electrons. The number of amides is 3. The smallest absolute Gasteiger partial charge is 0.321 e. The van der Waals surface area contributed by atoms with Crippen LogP contribution < -0.4 is 10.6 Å². The SMILES string of the molecule is Cc1nc(S[C@H](C)C(=O)NC(=O)NC2CC2)oc1C. The first-order valence-electron chi connectivity index (χ1n) is 6.17. The third kappa shape index (κ3) is 3.99. The Balaban J connectivity index is 1.82. The zero-order valence-electron chi connectivity index (χ0n) is 11.1. The first-order chi connectivity index (χ1) is 8.95. The number of hydrogen-bond donors (Lipinski definition) is 2. The average molecular weight is 283 g/mol. The number of imide groups is 1. The number of aryl methyl sites for hydroxylation is 2. The van der Waals surface area contributed by atoms with Gasteiger partial charge in [0.15, 0.2) is 0 Å². The van der Waals surface area contributed by atoms with E-state index in [4.69, 9.17) is 4.42 Å². The van der Waals surface area contributed by atoms with Gasteiger partial charge in [-0.05, 0) is 33.6 Å². The van der Waals surface area contributed by atoms with Gasteiger partial charge in [0.1, 0.15) is 5.76 Å². The molecule has 2 N–H and O–H groups in total. The maximum absolute atomic E-state index is 11.8. The molecular formula is C12H17N3O3S. The topological polar surface area (TPSA) is 84.2 Å². The molecule has 1 aliphatic carbocycles. The molecule has 0 radical (unpaired) electrons. The summed E-state index contributed by atoms with van der Waals surface area (Å²) in [5.74, 6) is 0.387. The molecule has 1 aliphatic rings. The fraction of sp³-hybridized carbons (Fsp3) is 0.583. The van der Waals surface area contributed by atoms with Crippen molar-refractivity contribution >= 4 is 23.7 Å². The number of urea groups is 1. The van der Waals surface area contributed by atoms with Crippen molar-refractivity contribution in [1.29, 1.82) is 0 Å². The van der Waals surface area contributed by atoms with E-state index in [9.17, 15) is 9.59 Å². The molecule has 1 atom stereocenters. The van der Waals surface area contributed by atoms with Crippen LogP contribution in [0, 0.1) is 13.8 Å². The van der Waals surface area contributed by atoms with Crippen LogP contribution in [0.25, 0.3) is 0 Å². The Morgan fingerprint density at radius 2 is 2.11 bits per heavy atom. The van der Waals surface area contributed by atoms with Gasteiger partial charge in [-0.3, -0.25) is 10.1 Å². The molecule has 1 aromatic rings. The predicted molar refractivity (Wildman–Crippen MR) is 71.0 cm³/mol. The molecule has 1 fully saturated rings. The summed E-state index contributed by atoms with van der Waals surface area (Å²) in [4.78, 5) is 27.4. The molecule has 19 heavy (non-hydrogen) atoms. The number of aromatic nitrogens is 1. The number of nitrogens with zero attached hydrogens (tertiary/aromatic N) is 1. The number of hydrogen-bond acceptors (Lipinski definition) is 5. The summed E-state index contributed by atoms with van der Waals surface area (Å²) in [7, 11) is 0. The molecule has 1 saturated carbocycles. The zero-order valence-corrected chi connectivity index (χ0v) is 12.0. The summed E-state index contributed by atoms with van der Waals surface area (Å²) in [6.45, 7) is 5.37. The minimum absolute atomic E-state index is 0.229. The van der Waals surface area contributed by atoms with Gasteiger partial charge in [-0.1, -0.05) is 11.8 Å². The van der Waals surface area contributed by atoms with Crippen molar-refractivity contribution in [2.24, 2.45) is 0 Å². The lowest BCUT2D eigenvalue weighted by Crippen LogP contribution is -2.43. The predicted octanol–water partition coefficient (Wildman–Crippen LogP) is 1.76. The molecule has 0 aliphatic heterocycles. The molecule has 0 spiro atoms. The maximum atomic E-state index is 11.8. The molecule has 0 bridgehead atoms. The number of thioether (sulfide) groups is 1. The van der Waals surface area contributed by atoms with Crippen LogP contribution in [-0.4, -0.2) is 28.2 Å². The number of oxazole rings is 1. The van der Waals surface area contributed by atoms with Crippen LogP contribution in [0.2, 0.25) is 0 Å². The van der Waals surface area contributed by atoms with Gasteiger partial charge in [-0.15, -0.1) is 0 Å². The van der Waals surface area contributed by atoms with Crippen LogP contribution in [0.3, 0.4) is 0 Å². The maximum Gasteiger partial charge on any atom is 0.321 e. The second-order valence-electron chi connectivity index (χ2n) is 4.62. The van der Waals surface area contributed by atoms with E-state index >= 15 is 0 Å². The first kappa shape index (κ1) is 13.9. The molecule has 1 heterocycles. The second-order valence-corrected chi connectivity index (χ2v) is 5.91. The lowest BCUT2D eigenvalue weighted by Gasteiger charge is -2.09. The summed E-state index contributed by atoms with van der Waals surface area (Å²) >= 11 is 1.19. The summed E-state index contributed by atoms with van der Waals surface area (Å²) < 4.78 is 5.39. The van der Waals surface area contributed by atoms with Crippen LogP contribution in [0.4, 0.5) is 4.79 Å². The Hall–Kier alpha value is -1.50. The molecule has 2 rings (SSSR count). The molecular weight excluding hydrogens is 266 g/mol. The van der Waals surface area contributed by atoms with E-state index in [0.29, 0.717) is 5.22 Å². The Bertz CT molecular complexity index is 477. The van der Waals surface area contributed by atoms with Crippen LogP contribution >= 0.6 is 11.8 Å². The van der Waals surface area contributed by atoms with Gasteiger partial charge in [0, 0.05) is 6.04 Å².